The van der Waals surface area contributed by atoms with E-state index in [0.29, 0.717) is 5.75 Å². The van der Waals surface area contributed by atoms with Crippen LogP contribution in [0.25, 0.3) is 11.3 Å². The van der Waals surface area contributed by atoms with Gasteiger partial charge in [-0.2, -0.15) is 0 Å². The van der Waals surface area contributed by atoms with Crippen LogP contribution >= 0.6 is 11.3 Å². The van der Waals surface area contributed by atoms with Gasteiger partial charge < -0.3 is 9.84 Å². The first kappa shape index (κ1) is 11.6. The molecule has 0 aliphatic heterocycles. The van der Waals surface area contributed by atoms with Crippen molar-refractivity contribution in [2.24, 2.45) is 0 Å². The quantitative estimate of drug-likeness (QED) is 0.904. The Labute approximate surface area is 103 Å². The molecule has 0 amide bonds. The molecular formula is C12H11NO3S. The van der Waals surface area contributed by atoms with Crippen LogP contribution in [0.3, 0.4) is 0 Å². The van der Waals surface area contributed by atoms with Gasteiger partial charge in [0.1, 0.15) is 5.75 Å². The molecule has 0 aliphatic carbocycles. The summed E-state index contributed by atoms with van der Waals surface area (Å²) in [4.78, 5) is 14.8. The minimum absolute atomic E-state index is 0.347. The van der Waals surface area contributed by atoms with E-state index in [4.69, 9.17) is 9.84 Å². The maximum atomic E-state index is 10.5. The minimum atomic E-state index is -0.991. The Balaban J connectivity index is 2.30. The molecule has 0 radical (unpaired) electrons. The van der Waals surface area contributed by atoms with Crippen molar-refractivity contribution in [2.75, 3.05) is 6.61 Å². The lowest BCUT2D eigenvalue weighted by Crippen LogP contribution is -2.09. The topological polar surface area (TPSA) is 59.4 Å². The number of carboxylic acids is 1. The Kier molecular flexibility index (Phi) is 3.39. The van der Waals surface area contributed by atoms with E-state index in [1.165, 1.54) is 0 Å². The van der Waals surface area contributed by atoms with Crippen LogP contribution in [0, 0.1) is 6.92 Å². The van der Waals surface area contributed by atoms with Crippen LogP contribution in [-0.4, -0.2) is 22.7 Å². The first-order valence-corrected chi connectivity index (χ1v) is 5.91. The molecule has 2 rings (SSSR count). The van der Waals surface area contributed by atoms with Crippen molar-refractivity contribution < 1.29 is 14.6 Å². The van der Waals surface area contributed by atoms with Gasteiger partial charge in [0.2, 0.25) is 0 Å². The third-order valence-electron chi connectivity index (χ3n) is 2.13. The van der Waals surface area contributed by atoms with Crippen LogP contribution in [0.2, 0.25) is 0 Å². The van der Waals surface area contributed by atoms with Gasteiger partial charge in [0.15, 0.2) is 6.61 Å². The highest BCUT2D eigenvalue weighted by Gasteiger charge is 2.09. The second-order valence-corrected chi connectivity index (χ2v) is 4.49. The highest BCUT2D eigenvalue weighted by Crippen LogP contribution is 2.30. The molecule has 0 unspecified atom stereocenters. The highest BCUT2D eigenvalue weighted by atomic mass is 32.1. The van der Waals surface area contributed by atoms with Crippen molar-refractivity contribution in [1.82, 2.24) is 4.98 Å². The molecule has 0 bridgehead atoms. The van der Waals surface area contributed by atoms with E-state index in [1.54, 1.807) is 23.5 Å². The van der Waals surface area contributed by atoms with Crippen LogP contribution in [0.15, 0.2) is 29.6 Å². The minimum Gasteiger partial charge on any atom is -0.481 e. The van der Waals surface area contributed by atoms with Gasteiger partial charge in [0.05, 0.1) is 10.7 Å². The Morgan fingerprint density at radius 3 is 2.88 bits per heavy atom. The number of aliphatic carboxylic acids is 1. The van der Waals surface area contributed by atoms with Gasteiger partial charge in [-0.15, -0.1) is 11.3 Å². The lowest BCUT2D eigenvalue weighted by molar-refractivity contribution is -0.139. The fraction of sp³-hybridized carbons (Fsp3) is 0.167. The van der Waals surface area contributed by atoms with E-state index in [1.807, 2.05) is 24.4 Å². The molecule has 0 aliphatic rings. The normalized spacial score (nSPS) is 10.2. The zero-order chi connectivity index (χ0) is 12.3. The molecule has 1 aromatic heterocycles. The zero-order valence-corrected chi connectivity index (χ0v) is 10.0. The summed E-state index contributed by atoms with van der Waals surface area (Å²) in [7, 11) is 0. The molecule has 0 saturated heterocycles. The van der Waals surface area contributed by atoms with Crippen molar-refractivity contribution in [1.29, 1.82) is 0 Å². The molecular weight excluding hydrogens is 238 g/mol. The van der Waals surface area contributed by atoms with E-state index in [0.717, 1.165) is 16.3 Å². The predicted molar refractivity (Wildman–Crippen MR) is 65.4 cm³/mol. The van der Waals surface area contributed by atoms with Gasteiger partial charge in [0, 0.05) is 10.9 Å². The standard InChI is InChI=1S/C12H11NO3S/c1-8-13-10(7-17-8)9-4-2-3-5-11(9)16-6-12(14)15/h2-5,7H,6H2,1H3,(H,14,15). The average molecular weight is 249 g/mol. The summed E-state index contributed by atoms with van der Waals surface area (Å²) in [5, 5.41) is 11.5. The molecule has 4 nitrogen and oxygen atoms in total. The molecule has 0 saturated carbocycles. The van der Waals surface area contributed by atoms with E-state index in [2.05, 4.69) is 4.98 Å². The van der Waals surface area contributed by atoms with Crippen LogP contribution in [0.1, 0.15) is 5.01 Å². The summed E-state index contributed by atoms with van der Waals surface area (Å²) in [5.74, 6) is -0.450. The monoisotopic (exact) mass is 249 g/mol. The second-order valence-electron chi connectivity index (χ2n) is 3.43. The number of thiazole rings is 1. The van der Waals surface area contributed by atoms with Gasteiger partial charge in [-0.1, -0.05) is 12.1 Å². The SMILES string of the molecule is Cc1nc(-c2ccccc2OCC(=O)O)cs1. The van der Waals surface area contributed by atoms with Crippen LogP contribution < -0.4 is 4.74 Å². The Bertz CT molecular complexity index is 536. The van der Waals surface area contributed by atoms with Crippen LogP contribution in [0.4, 0.5) is 0 Å². The van der Waals surface area contributed by atoms with E-state index in [9.17, 15) is 4.79 Å². The molecule has 5 heteroatoms. The molecule has 0 atom stereocenters. The number of hydrogen-bond donors (Lipinski definition) is 1. The first-order chi connectivity index (χ1) is 8.16. The Morgan fingerprint density at radius 2 is 2.24 bits per heavy atom. The van der Waals surface area contributed by atoms with Gasteiger partial charge in [-0.3, -0.25) is 0 Å². The first-order valence-electron chi connectivity index (χ1n) is 5.03. The van der Waals surface area contributed by atoms with Gasteiger partial charge in [0.25, 0.3) is 0 Å². The van der Waals surface area contributed by atoms with Crippen molar-refractivity contribution in [3.63, 3.8) is 0 Å². The van der Waals surface area contributed by atoms with Crippen molar-refractivity contribution in [2.45, 2.75) is 6.92 Å². The number of rotatable bonds is 4. The van der Waals surface area contributed by atoms with E-state index < -0.39 is 5.97 Å². The van der Waals surface area contributed by atoms with Crippen LogP contribution in [-0.2, 0) is 4.79 Å². The average Bonchev–Trinajstić information content (AvgIpc) is 2.73. The van der Waals surface area contributed by atoms with Gasteiger partial charge in [-0.05, 0) is 19.1 Å². The summed E-state index contributed by atoms with van der Waals surface area (Å²) in [6.45, 7) is 1.58. The number of hydrogen-bond acceptors (Lipinski definition) is 4. The number of para-hydroxylation sites is 1. The Hall–Kier alpha value is -1.88. The molecule has 17 heavy (non-hydrogen) atoms. The lowest BCUT2D eigenvalue weighted by atomic mass is 10.1. The van der Waals surface area contributed by atoms with Crippen LogP contribution in [0.5, 0.6) is 5.75 Å². The second kappa shape index (κ2) is 4.97. The van der Waals surface area contributed by atoms with Crippen molar-refractivity contribution >= 4 is 17.3 Å². The summed E-state index contributed by atoms with van der Waals surface area (Å²) in [5.41, 5.74) is 1.63. The largest absolute Gasteiger partial charge is 0.481 e. The number of nitrogens with zero attached hydrogens (tertiary/aromatic N) is 1. The summed E-state index contributed by atoms with van der Waals surface area (Å²) in [6, 6.07) is 7.29. The number of benzene rings is 1. The Morgan fingerprint density at radius 1 is 1.47 bits per heavy atom. The maximum Gasteiger partial charge on any atom is 0.341 e. The fourth-order valence-corrected chi connectivity index (χ4v) is 2.04. The molecule has 0 spiro atoms. The molecule has 0 fully saturated rings. The number of carbonyl (C=O) groups is 1. The van der Waals surface area contributed by atoms with Gasteiger partial charge in [-0.25, -0.2) is 9.78 Å². The summed E-state index contributed by atoms with van der Waals surface area (Å²) in [6.07, 6.45) is 0. The third kappa shape index (κ3) is 2.82. The lowest BCUT2D eigenvalue weighted by Gasteiger charge is -2.07. The summed E-state index contributed by atoms with van der Waals surface area (Å²) >= 11 is 1.55. The molecule has 2 aromatic rings. The van der Waals surface area contributed by atoms with Gasteiger partial charge >= 0.3 is 5.97 Å². The molecule has 1 heterocycles. The number of aryl methyl sites for hydroxylation is 1. The third-order valence-corrected chi connectivity index (χ3v) is 2.91. The molecule has 88 valence electrons. The summed E-state index contributed by atoms with van der Waals surface area (Å²) < 4.78 is 5.23. The van der Waals surface area contributed by atoms with Crippen molar-refractivity contribution in [3.8, 4) is 17.0 Å². The van der Waals surface area contributed by atoms with E-state index in [-0.39, 0.29) is 6.61 Å². The molecule has 1 aromatic carbocycles. The smallest absolute Gasteiger partial charge is 0.341 e. The number of carboxylic acid groups (broad SMARTS) is 1. The maximum absolute atomic E-state index is 10.5. The fourth-order valence-electron chi connectivity index (χ4n) is 1.43. The molecule has 1 N–H and O–H groups in total. The zero-order valence-electron chi connectivity index (χ0n) is 9.21. The van der Waals surface area contributed by atoms with E-state index >= 15 is 0 Å². The number of aromatic nitrogens is 1. The predicted octanol–water partition coefficient (Wildman–Crippen LogP) is 2.58. The highest BCUT2D eigenvalue weighted by molar-refractivity contribution is 7.09. The van der Waals surface area contributed by atoms with Crippen molar-refractivity contribution in [3.05, 3.63) is 34.7 Å². The number of ether oxygens (including phenoxy) is 1.